The van der Waals surface area contributed by atoms with Crippen LogP contribution in [0.3, 0.4) is 0 Å². The highest BCUT2D eigenvalue weighted by molar-refractivity contribution is 5.86. The van der Waals surface area contributed by atoms with Crippen LogP contribution < -0.4 is 0 Å². The molecular weight excluding hydrogens is 356 g/mol. The summed E-state index contributed by atoms with van der Waals surface area (Å²) < 4.78 is 0. The quantitative estimate of drug-likeness (QED) is 0.549. The summed E-state index contributed by atoms with van der Waals surface area (Å²) in [7, 11) is 0. The zero-order chi connectivity index (χ0) is 21.0. The molecule has 2 heteroatoms. The normalized spacial score (nSPS) is 45.8. The highest BCUT2D eigenvalue weighted by Gasteiger charge is 2.60. The van der Waals surface area contributed by atoms with Gasteiger partial charge in [-0.05, 0) is 118 Å². The van der Waals surface area contributed by atoms with Crippen LogP contribution >= 0.6 is 0 Å². The molecule has 0 spiro atoms. The molecular formula is C27H46O2. The number of carbonyl (C=O) groups is 1. The van der Waals surface area contributed by atoms with Gasteiger partial charge in [-0.3, -0.25) is 4.79 Å². The van der Waals surface area contributed by atoms with Crippen LogP contribution in [0.25, 0.3) is 0 Å². The number of carbonyl (C=O) groups excluding carboxylic acids is 1. The molecule has 4 rings (SSSR count). The lowest BCUT2D eigenvalue weighted by atomic mass is 9.44. The fourth-order valence-electron chi connectivity index (χ4n) is 9.14. The molecule has 0 bridgehead atoms. The second-order valence-electron chi connectivity index (χ2n) is 12.6. The number of hydrogen-bond donors (Lipinski definition) is 1. The SMILES string of the molecule is C[C@H](CCC(=O)C(C)(C)O)[C@H]1CC[C@H]2[C@@H]3CC[C@@H]4CCCC[C@]4(C)[C@H]3CC[C@]12C. The first-order valence-corrected chi connectivity index (χ1v) is 12.8. The van der Waals surface area contributed by atoms with E-state index in [0.717, 1.165) is 36.0 Å². The van der Waals surface area contributed by atoms with E-state index < -0.39 is 5.60 Å². The van der Waals surface area contributed by atoms with Gasteiger partial charge in [0.2, 0.25) is 0 Å². The molecule has 2 nitrogen and oxygen atoms in total. The Labute approximate surface area is 179 Å². The van der Waals surface area contributed by atoms with Crippen LogP contribution in [0.4, 0.5) is 0 Å². The molecule has 0 saturated heterocycles. The Kier molecular flexibility index (Phi) is 5.76. The van der Waals surface area contributed by atoms with Gasteiger partial charge in [-0.2, -0.15) is 0 Å². The fraction of sp³-hybridized carbons (Fsp3) is 0.963. The van der Waals surface area contributed by atoms with E-state index in [1.54, 1.807) is 13.8 Å². The van der Waals surface area contributed by atoms with E-state index >= 15 is 0 Å². The molecule has 29 heavy (non-hydrogen) atoms. The molecule has 0 amide bonds. The highest BCUT2D eigenvalue weighted by atomic mass is 16.3. The van der Waals surface area contributed by atoms with E-state index in [4.69, 9.17) is 0 Å². The van der Waals surface area contributed by atoms with Gasteiger partial charge < -0.3 is 5.11 Å². The minimum absolute atomic E-state index is 0.0105. The summed E-state index contributed by atoms with van der Waals surface area (Å²) in [6.45, 7) is 11.0. The Morgan fingerprint density at radius 1 is 0.966 bits per heavy atom. The van der Waals surface area contributed by atoms with Crippen molar-refractivity contribution in [1.82, 2.24) is 0 Å². The molecule has 166 valence electrons. The largest absolute Gasteiger partial charge is 0.383 e. The molecule has 8 atom stereocenters. The molecule has 1 N–H and O–H groups in total. The number of rotatable bonds is 5. The minimum Gasteiger partial charge on any atom is -0.383 e. The van der Waals surface area contributed by atoms with Crippen LogP contribution in [0.15, 0.2) is 0 Å². The Bertz CT molecular complexity index is 619. The van der Waals surface area contributed by atoms with Crippen LogP contribution in [0.2, 0.25) is 0 Å². The third-order valence-corrected chi connectivity index (χ3v) is 10.9. The maximum absolute atomic E-state index is 12.3. The van der Waals surface area contributed by atoms with Gasteiger partial charge in [0.1, 0.15) is 5.60 Å². The molecule has 0 aromatic rings. The van der Waals surface area contributed by atoms with E-state index in [-0.39, 0.29) is 5.78 Å². The Morgan fingerprint density at radius 3 is 2.41 bits per heavy atom. The second-order valence-corrected chi connectivity index (χ2v) is 12.6. The first-order valence-electron chi connectivity index (χ1n) is 12.8. The molecule has 4 aliphatic rings. The zero-order valence-corrected chi connectivity index (χ0v) is 19.8. The summed E-state index contributed by atoms with van der Waals surface area (Å²) in [5.74, 6) is 5.23. The lowest BCUT2D eigenvalue weighted by molar-refractivity contribution is -0.134. The Hall–Kier alpha value is -0.370. The van der Waals surface area contributed by atoms with Gasteiger partial charge in [-0.15, -0.1) is 0 Å². The summed E-state index contributed by atoms with van der Waals surface area (Å²) in [4.78, 5) is 12.3. The summed E-state index contributed by atoms with van der Waals surface area (Å²) >= 11 is 0. The van der Waals surface area contributed by atoms with Crippen molar-refractivity contribution in [1.29, 1.82) is 0 Å². The van der Waals surface area contributed by atoms with Gasteiger partial charge >= 0.3 is 0 Å². The number of hydrogen-bond acceptors (Lipinski definition) is 2. The molecule has 0 aromatic heterocycles. The molecule has 0 radical (unpaired) electrons. The second kappa shape index (κ2) is 7.64. The first kappa shape index (κ1) is 21.8. The summed E-state index contributed by atoms with van der Waals surface area (Å²) in [6.07, 6.45) is 16.0. The van der Waals surface area contributed by atoms with Crippen molar-refractivity contribution in [3.05, 3.63) is 0 Å². The summed E-state index contributed by atoms with van der Waals surface area (Å²) in [5.41, 5.74) is -0.0600. The van der Waals surface area contributed by atoms with E-state index in [0.29, 0.717) is 23.2 Å². The topological polar surface area (TPSA) is 37.3 Å². The predicted octanol–water partition coefficient (Wildman–Crippen LogP) is 6.79. The van der Waals surface area contributed by atoms with Crippen LogP contribution in [-0.4, -0.2) is 16.5 Å². The molecule has 0 unspecified atom stereocenters. The first-order chi connectivity index (χ1) is 13.6. The van der Waals surface area contributed by atoms with Crippen molar-refractivity contribution in [2.24, 2.45) is 46.3 Å². The van der Waals surface area contributed by atoms with Crippen molar-refractivity contribution >= 4 is 5.78 Å². The van der Waals surface area contributed by atoms with Gasteiger partial charge in [0.05, 0.1) is 0 Å². The van der Waals surface area contributed by atoms with Gasteiger partial charge in [0, 0.05) is 6.42 Å². The molecule has 4 fully saturated rings. The van der Waals surface area contributed by atoms with Crippen LogP contribution in [0, 0.1) is 46.3 Å². The van der Waals surface area contributed by atoms with E-state index in [1.807, 2.05) is 0 Å². The van der Waals surface area contributed by atoms with Gasteiger partial charge in [0.25, 0.3) is 0 Å². The van der Waals surface area contributed by atoms with Gasteiger partial charge in [-0.25, -0.2) is 0 Å². The summed E-state index contributed by atoms with van der Waals surface area (Å²) in [5, 5.41) is 10.0. The summed E-state index contributed by atoms with van der Waals surface area (Å²) in [6, 6.07) is 0. The Morgan fingerprint density at radius 2 is 1.69 bits per heavy atom. The Balaban J connectivity index is 1.46. The van der Waals surface area contributed by atoms with Crippen LogP contribution in [0.5, 0.6) is 0 Å². The number of fused-ring (bicyclic) bond motifs is 5. The monoisotopic (exact) mass is 402 g/mol. The standard InChI is InChI=1S/C27H46O2/c1-18(9-14-24(28)25(2,3)29)21-12-13-22-20-11-10-19-8-6-7-16-26(19,4)23(20)15-17-27(21,22)5/h18-23,29H,6-17H2,1-5H3/t18-,19+,20+,21-,22+,23+,26+,27-/m1/s1. The lowest BCUT2D eigenvalue weighted by Gasteiger charge is -2.61. The number of Topliss-reactive ketones (excluding diaryl/α,β-unsaturated/α-hetero) is 1. The smallest absolute Gasteiger partial charge is 0.163 e. The van der Waals surface area contributed by atoms with Crippen molar-refractivity contribution in [3.63, 3.8) is 0 Å². The lowest BCUT2D eigenvalue weighted by Crippen LogP contribution is -2.53. The third kappa shape index (κ3) is 3.64. The fourth-order valence-corrected chi connectivity index (χ4v) is 9.14. The maximum atomic E-state index is 12.3. The van der Waals surface area contributed by atoms with Crippen molar-refractivity contribution < 1.29 is 9.90 Å². The van der Waals surface area contributed by atoms with Crippen LogP contribution in [0.1, 0.15) is 112 Å². The highest BCUT2D eigenvalue weighted by Crippen LogP contribution is 2.68. The average Bonchev–Trinajstić information content (AvgIpc) is 3.01. The minimum atomic E-state index is -1.17. The van der Waals surface area contributed by atoms with Gasteiger partial charge in [0.15, 0.2) is 5.78 Å². The number of ketones is 1. The number of aliphatic hydroxyl groups is 1. The van der Waals surface area contributed by atoms with E-state index in [2.05, 4.69) is 20.8 Å². The van der Waals surface area contributed by atoms with Crippen molar-refractivity contribution in [3.8, 4) is 0 Å². The van der Waals surface area contributed by atoms with E-state index in [1.165, 1.54) is 64.2 Å². The van der Waals surface area contributed by atoms with Crippen molar-refractivity contribution in [2.45, 2.75) is 117 Å². The molecule has 4 saturated carbocycles. The van der Waals surface area contributed by atoms with Gasteiger partial charge in [-0.1, -0.05) is 33.6 Å². The zero-order valence-electron chi connectivity index (χ0n) is 19.8. The predicted molar refractivity (Wildman–Crippen MR) is 120 cm³/mol. The maximum Gasteiger partial charge on any atom is 0.163 e. The molecule has 4 aliphatic carbocycles. The van der Waals surface area contributed by atoms with E-state index in [9.17, 15) is 9.90 Å². The third-order valence-electron chi connectivity index (χ3n) is 10.9. The molecule has 0 heterocycles. The van der Waals surface area contributed by atoms with Crippen LogP contribution in [-0.2, 0) is 4.79 Å². The molecule has 0 aromatic carbocycles. The molecule has 0 aliphatic heterocycles. The van der Waals surface area contributed by atoms with Crippen molar-refractivity contribution in [2.75, 3.05) is 0 Å². The average molecular weight is 403 g/mol.